The number of hydrogen-bond acceptors (Lipinski definition) is 4. The van der Waals surface area contributed by atoms with Gasteiger partial charge in [-0.2, -0.15) is 0 Å². The van der Waals surface area contributed by atoms with E-state index in [4.69, 9.17) is 4.74 Å². The first-order valence-corrected chi connectivity index (χ1v) is 7.64. The Hall–Kier alpha value is -1.62. The Morgan fingerprint density at radius 2 is 2.14 bits per heavy atom. The third kappa shape index (κ3) is 6.12. The summed E-state index contributed by atoms with van der Waals surface area (Å²) in [5, 5.41) is 14.3. The van der Waals surface area contributed by atoms with Gasteiger partial charge in [0, 0.05) is 24.8 Å². The number of para-hydroxylation sites is 1. The average molecular weight is 294 g/mol. The molecule has 0 fully saturated rings. The number of benzene rings is 1. The Morgan fingerprint density at radius 3 is 2.76 bits per heavy atom. The Labute approximate surface area is 126 Å². The molecule has 1 N–H and O–H groups in total. The van der Waals surface area contributed by atoms with E-state index in [1.807, 2.05) is 13.0 Å². The summed E-state index contributed by atoms with van der Waals surface area (Å²) < 4.78 is 5.66. The van der Waals surface area contributed by atoms with Crippen LogP contribution in [-0.2, 0) is 11.3 Å². The molecule has 1 aromatic carbocycles. The maximum absolute atomic E-state index is 11.1. The van der Waals surface area contributed by atoms with Crippen molar-refractivity contribution in [2.75, 3.05) is 18.5 Å². The summed E-state index contributed by atoms with van der Waals surface area (Å²) in [6, 6.07) is 5.12. The van der Waals surface area contributed by atoms with Gasteiger partial charge in [0.25, 0.3) is 5.69 Å². The van der Waals surface area contributed by atoms with E-state index in [-0.39, 0.29) is 10.6 Å². The fourth-order valence-electron chi connectivity index (χ4n) is 2.09. The molecule has 0 aliphatic rings. The van der Waals surface area contributed by atoms with Crippen LogP contribution in [0.4, 0.5) is 11.4 Å². The highest BCUT2D eigenvalue weighted by Gasteiger charge is 2.16. The summed E-state index contributed by atoms with van der Waals surface area (Å²) in [6.07, 6.45) is 3.07. The molecular weight excluding hydrogens is 268 g/mol. The molecule has 118 valence electrons. The highest BCUT2D eigenvalue weighted by atomic mass is 16.6. The molecule has 0 heterocycles. The molecule has 1 rings (SSSR count). The monoisotopic (exact) mass is 294 g/mol. The predicted molar refractivity (Wildman–Crippen MR) is 85.6 cm³/mol. The predicted octanol–water partition coefficient (Wildman–Crippen LogP) is 4.37. The number of nitro benzene ring substituents is 1. The third-order valence-corrected chi connectivity index (χ3v) is 3.20. The maximum atomic E-state index is 11.1. The first-order valence-electron chi connectivity index (χ1n) is 7.64. The van der Waals surface area contributed by atoms with Crippen molar-refractivity contribution in [1.82, 2.24) is 0 Å². The van der Waals surface area contributed by atoms with Crippen molar-refractivity contribution in [3.63, 3.8) is 0 Å². The van der Waals surface area contributed by atoms with Crippen molar-refractivity contribution in [3.05, 3.63) is 33.9 Å². The molecule has 21 heavy (non-hydrogen) atoms. The molecule has 0 radical (unpaired) electrons. The van der Waals surface area contributed by atoms with Crippen LogP contribution in [-0.4, -0.2) is 18.1 Å². The van der Waals surface area contributed by atoms with E-state index in [2.05, 4.69) is 19.2 Å². The summed E-state index contributed by atoms with van der Waals surface area (Å²) in [4.78, 5) is 10.8. The van der Waals surface area contributed by atoms with Crippen LogP contribution in [0.5, 0.6) is 0 Å². The minimum atomic E-state index is -0.347. The van der Waals surface area contributed by atoms with Crippen LogP contribution in [0.3, 0.4) is 0 Å². The standard InChI is InChI=1S/C16H26N2O3/c1-4-10-17-16-14(8-5-9-15(16)18(19)20)12-21-11-6-7-13(2)3/h5,8-9,13,17H,4,6-7,10-12H2,1-3H3. The van der Waals surface area contributed by atoms with Gasteiger partial charge in [-0.05, 0) is 25.2 Å². The van der Waals surface area contributed by atoms with E-state index in [1.165, 1.54) is 6.07 Å². The number of nitro groups is 1. The molecule has 5 heteroatoms. The molecule has 1 aromatic rings. The van der Waals surface area contributed by atoms with E-state index in [1.54, 1.807) is 6.07 Å². The molecule has 0 aromatic heterocycles. The Kier molecular flexibility index (Phi) is 7.75. The van der Waals surface area contributed by atoms with Crippen LogP contribution in [0.15, 0.2) is 18.2 Å². The molecule has 0 aliphatic carbocycles. The minimum Gasteiger partial charge on any atom is -0.379 e. The van der Waals surface area contributed by atoms with Crippen molar-refractivity contribution in [2.24, 2.45) is 5.92 Å². The summed E-state index contributed by atoms with van der Waals surface area (Å²) >= 11 is 0. The van der Waals surface area contributed by atoms with E-state index >= 15 is 0 Å². The summed E-state index contributed by atoms with van der Waals surface area (Å²) in [5.74, 6) is 0.674. The van der Waals surface area contributed by atoms with Crippen molar-refractivity contribution in [3.8, 4) is 0 Å². The third-order valence-electron chi connectivity index (χ3n) is 3.20. The molecule has 5 nitrogen and oxygen atoms in total. The fourth-order valence-corrected chi connectivity index (χ4v) is 2.09. The van der Waals surface area contributed by atoms with Gasteiger partial charge in [-0.25, -0.2) is 0 Å². The van der Waals surface area contributed by atoms with Gasteiger partial charge in [0.1, 0.15) is 5.69 Å². The lowest BCUT2D eigenvalue weighted by Crippen LogP contribution is -2.07. The molecule has 0 atom stereocenters. The van der Waals surface area contributed by atoms with Crippen LogP contribution in [0.1, 0.15) is 45.6 Å². The summed E-state index contributed by atoms with van der Waals surface area (Å²) in [6.45, 7) is 8.22. The minimum absolute atomic E-state index is 0.117. The van der Waals surface area contributed by atoms with Crippen LogP contribution in [0.25, 0.3) is 0 Å². The SMILES string of the molecule is CCCNc1c(COCCCC(C)C)cccc1[N+](=O)[O-]. The zero-order valence-electron chi connectivity index (χ0n) is 13.2. The van der Waals surface area contributed by atoms with Crippen LogP contribution in [0, 0.1) is 16.0 Å². The summed E-state index contributed by atoms with van der Waals surface area (Å²) in [7, 11) is 0. The lowest BCUT2D eigenvalue weighted by molar-refractivity contribution is -0.384. The topological polar surface area (TPSA) is 64.4 Å². The first kappa shape index (κ1) is 17.4. The molecular formula is C16H26N2O3. The van der Waals surface area contributed by atoms with Crippen molar-refractivity contribution >= 4 is 11.4 Å². The zero-order valence-corrected chi connectivity index (χ0v) is 13.2. The quantitative estimate of drug-likeness (QED) is 0.395. The second kappa shape index (κ2) is 9.34. The van der Waals surface area contributed by atoms with Gasteiger partial charge in [0.15, 0.2) is 0 Å². The second-order valence-corrected chi connectivity index (χ2v) is 5.58. The number of hydrogen-bond donors (Lipinski definition) is 1. The lowest BCUT2D eigenvalue weighted by atomic mass is 10.1. The molecule has 0 saturated carbocycles. The molecule has 0 bridgehead atoms. The van der Waals surface area contributed by atoms with Crippen molar-refractivity contribution in [2.45, 2.75) is 46.6 Å². The fraction of sp³-hybridized carbons (Fsp3) is 0.625. The number of nitrogens with zero attached hydrogens (tertiary/aromatic N) is 1. The maximum Gasteiger partial charge on any atom is 0.292 e. The highest BCUT2D eigenvalue weighted by molar-refractivity contribution is 5.66. The smallest absolute Gasteiger partial charge is 0.292 e. The number of ether oxygens (including phenoxy) is 1. The average Bonchev–Trinajstić information content (AvgIpc) is 2.44. The molecule has 0 amide bonds. The van der Waals surface area contributed by atoms with Crippen molar-refractivity contribution in [1.29, 1.82) is 0 Å². The second-order valence-electron chi connectivity index (χ2n) is 5.58. The number of rotatable bonds is 10. The van der Waals surface area contributed by atoms with Crippen LogP contribution >= 0.6 is 0 Å². The zero-order chi connectivity index (χ0) is 15.7. The summed E-state index contributed by atoms with van der Waals surface area (Å²) in [5.41, 5.74) is 1.56. The number of nitrogens with one attached hydrogen (secondary N) is 1. The largest absolute Gasteiger partial charge is 0.379 e. The molecule has 0 spiro atoms. The Morgan fingerprint density at radius 1 is 1.38 bits per heavy atom. The van der Waals surface area contributed by atoms with Gasteiger partial charge in [-0.3, -0.25) is 10.1 Å². The van der Waals surface area contributed by atoms with Gasteiger partial charge in [-0.1, -0.05) is 32.9 Å². The van der Waals surface area contributed by atoms with Crippen LogP contribution < -0.4 is 5.32 Å². The molecule has 0 unspecified atom stereocenters. The van der Waals surface area contributed by atoms with E-state index in [0.29, 0.717) is 31.4 Å². The van der Waals surface area contributed by atoms with E-state index < -0.39 is 0 Å². The van der Waals surface area contributed by atoms with Gasteiger partial charge in [-0.15, -0.1) is 0 Å². The Bertz CT molecular complexity index is 447. The van der Waals surface area contributed by atoms with E-state index in [0.717, 1.165) is 24.8 Å². The number of anilines is 1. The Balaban J connectivity index is 2.66. The highest BCUT2D eigenvalue weighted by Crippen LogP contribution is 2.28. The first-order chi connectivity index (χ1) is 10.1. The normalized spacial score (nSPS) is 10.9. The van der Waals surface area contributed by atoms with Crippen molar-refractivity contribution < 1.29 is 9.66 Å². The van der Waals surface area contributed by atoms with Gasteiger partial charge in [0.05, 0.1) is 11.5 Å². The molecule has 0 aliphatic heterocycles. The molecule has 0 saturated heterocycles. The van der Waals surface area contributed by atoms with Gasteiger partial charge >= 0.3 is 0 Å². The van der Waals surface area contributed by atoms with E-state index in [9.17, 15) is 10.1 Å². The van der Waals surface area contributed by atoms with Gasteiger partial charge in [0.2, 0.25) is 0 Å². The van der Waals surface area contributed by atoms with Gasteiger partial charge < -0.3 is 10.1 Å². The lowest BCUT2D eigenvalue weighted by Gasteiger charge is -2.12. The van der Waals surface area contributed by atoms with Crippen LogP contribution in [0.2, 0.25) is 0 Å².